The second-order valence-electron chi connectivity index (χ2n) is 5.42. The van der Waals surface area contributed by atoms with E-state index in [4.69, 9.17) is 9.52 Å². The van der Waals surface area contributed by atoms with Gasteiger partial charge in [-0.15, -0.1) is 0 Å². The summed E-state index contributed by atoms with van der Waals surface area (Å²) in [4.78, 5) is 27.0. The van der Waals surface area contributed by atoms with Gasteiger partial charge in [-0.3, -0.25) is 4.79 Å². The molecule has 0 aliphatic rings. The number of carboxylic acid groups (broad SMARTS) is 1. The topological polar surface area (TPSA) is 113 Å². The summed E-state index contributed by atoms with van der Waals surface area (Å²) in [6.45, 7) is 2.43. The molecular formula is C16H18N2O5. The monoisotopic (exact) mass is 318 g/mol. The highest BCUT2D eigenvalue weighted by Crippen LogP contribution is 2.21. The van der Waals surface area contributed by atoms with Crippen LogP contribution in [0.4, 0.5) is 0 Å². The van der Waals surface area contributed by atoms with Crippen LogP contribution in [0, 0.1) is 6.92 Å². The zero-order valence-electron chi connectivity index (χ0n) is 12.9. The van der Waals surface area contributed by atoms with E-state index in [-0.39, 0.29) is 13.0 Å². The number of nitrogens with zero attached hydrogens (tertiary/aromatic N) is 1. The van der Waals surface area contributed by atoms with Crippen molar-refractivity contribution in [1.82, 2.24) is 10.3 Å². The summed E-state index contributed by atoms with van der Waals surface area (Å²) < 4.78 is 5.55. The van der Waals surface area contributed by atoms with Gasteiger partial charge in [0.1, 0.15) is 5.76 Å². The van der Waals surface area contributed by atoms with Crippen molar-refractivity contribution in [3.05, 3.63) is 41.8 Å². The van der Waals surface area contributed by atoms with Gasteiger partial charge in [-0.25, -0.2) is 9.78 Å². The van der Waals surface area contributed by atoms with E-state index in [1.165, 1.54) is 0 Å². The summed E-state index contributed by atoms with van der Waals surface area (Å²) in [5, 5.41) is 20.7. The number of nitrogens with one attached hydrogen (secondary N) is 1. The number of benzene rings is 1. The smallest absolute Gasteiger partial charge is 0.337 e. The lowest BCUT2D eigenvalue weighted by atomic mass is 10.1. The van der Waals surface area contributed by atoms with Crippen molar-refractivity contribution in [1.29, 1.82) is 0 Å². The number of hydrogen-bond donors (Lipinski definition) is 3. The Morgan fingerprint density at radius 2 is 1.96 bits per heavy atom. The van der Waals surface area contributed by atoms with Gasteiger partial charge in [0, 0.05) is 5.56 Å². The van der Waals surface area contributed by atoms with Crippen LogP contribution in [0.2, 0.25) is 0 Å². The normalized spacial score (nSPS) is 13.3. The molecule has 0 bridgehead atoms. The van der Waals surface area contributed by atoms with Gasteiger partial charge in [0.2, 0.25) is 11.8 Å². The van der Waals surface area contributed by atoms with Crippen LogP contribution in [-0.4, -0.2) is 39.2 Å². The molecule has 2 aromatic rings. The number of carboxylic acids is 1. The molecule has 0 aliphatic heterocycles. The molecule has 1 aromatic carbocycles. The van der Waals surface area contributed by atoms with E-state index in [1.807, 2.05) is 30.3 Å². The van der Waals surface area contributed by atoms with E-state index in [1.54, 1.807) is 6.92 Å². The minimum Gasteiger partial charge on any atom is -0.479 e. The number of carbonyl (C=O) groups is 2. The third kappa shape index (κ3) is 4.17. The summed E-state index contributed by atoms with van der Waals surface area (Å²) in [7, 11) is 0. The Bertz CT molecular complexity index is 707. The van der Waals surface area contributed by atoms with Gasteiger partial charge < -0.3 is 19.9 Å². The van der Waals surface area contributed by atoms with Crippen molar-refractivity contribution >= 4 is 11.9 Å². The van der Waals surface area contributed by atoms with Crippen molar-refractivity contribution in [3.8, 4) is 11.5 Å². The van der Waals surface area contributed by atoms with Gasteiger partial charge in [0.05, 0.1) is 18.7 Å². The van der Waals surface area contributed by atoms with Gasteiger partial charge in [-0.2, -0.15) is 0 Å². The van der Waals surface area contributed by atoms with Crippen LogP contribution in [0.1, 0.15) is 18.4 Å². The molecule has 1 heterocycles. The number of aliphatic hydroxyl groups is 1. The molecule has 0 aliphatic carbocycles. The average Bonchev–Trinajstić information content (AvgIpc) is 2.87. The Morgan fingerprint density at radius 3 is 2.57 bits per heavy atom. The van der Waals surface area contributed by atoms with E-state index in [2.05, 4.69) is 10.3 Å². The highest BCUT2D eigenvalue weighted by atomic mass is 16.4. The molecule has 1 amide bonds. The Balaban J connectivity index is 2.02. The molecule has 1 aromatic heterocycles. The molecule has 2 rings (SSSR count). The number of aromatic nitrogens is 1. The Morgan fingerprint density at radius 1 is 1.30 bits per heavy atom. The molecule has 122 valence electrons. The summed E-state index contributed by atoms with van der Waals surface area (Å²) in [5.41, 5.74) is -0.739. The zero-order valence-corrected chi connectivity index (χ0v) is 12.9. The SMILES string of the molecule is Cc1oc(-c2ccccc2)nc1CC(=O)NCC(C)(O)C(=O)O. The molecule has 0 saturated carbocycles. The van der Waals surface area contributed by atoms with Crippen LogP contribution >= 0.6 is 0 Å². The molecule has 0 saturated heterocycles. The number of oxazole rings is 1. The van der Waals surface area contributed by atoms with Crippen molar-refractivity contribution in [2.45, 2.75) is 25.9 Å². The van der Waals surface area contributed by atoms with Gasteiger partial charge in [-0.1, -0.05) is 18.2 Å². The minimum absolute atomic E-state index is 0.0577. The molecule has 1 atom stereocenters. The quantitative estimate of drug-likeness (QED) is 0.736. The van der Waals surface area contributed by atoms with E-state index >= 15 is 0 Å². The average molecular weight is 318 g/mol. The van der Waals surface area contributed by atoms with Crippen LogP contribution in [0.5, 0.6) is 0 Å². The van der Waals surface area contributed by atoms with Crippen LogP contribution in [-0.2, 0) is 16.0 Å². The lowest BCUT2D eigenvalue weighted by molar-refractivity contribution is -0.156. The second-order valence-corrected chi connectivity index (χ2v) is 5.42. The summed E-state index contributed by atoms with van der Waals surface area (Å²) in [5.74, 6) is -0.906. The fraction of sp³-hybridized carbons (Fsp3) is 0.312. The van der Waals surface area contributed by atoms with Crippen LogP contribution in [0.3, 0.4) is 0 Å². The van der Waals surface area contributed by atoms with Crippen molar-refractivity contribution in [2.24, 2.45) is 0 Å². The highest BCUT2D eigenvalue weighted by Gasteiger charge is 2.30. The Kier molecular flexibility index (Phi) is 4.80. The second kappa shape index (κ2) is 6.62. The predicted octanol–water partition coefficient (Wildman–Crippen LogP) is 1.14. The van der Waals surface area contributed by atoms with Crippen molar-refractivity contribution in [3.63, 3.8) is 0 Å². The minimum atomic E-state index is -2.01. The Labute approximate surface area is 133 Å². The summed E-state index contributed by atoms with van der Waals surface area (Å²) in [6.07, 6.45) is -0.0577. The van der Waals surface area contributed by atoms with Gasteiger partial charge in [0.25, 0.3) is 0 Å². The molecule has 3 N–H and O–H groups in total. The van der Waals surface area contributed by atoms with Crippen LogP contribution in [0.15, 0.2) is 34.7 Å². The maximum Gasteiger partial charge on any atom is 0.337 e. The highest BCUT2D eigenvalue weighted by molar-refractivity contribution is 5.81. The number of amides is 1. The Hall–Kier alpha value is -2.67. The zero-order chi connectivity index (χ0) is 17.0. The summed E-state index contributed by atoms with van der Waals surface area (Å²) in [6, 6.07) is 9.28. The standard InChI is InChI=1S/C16H18N2O5/c1-10-12(8-13(19)17-9-16(2,22)15(20)21)18-14(23-10)11-6-4-3-5-7-11/h3-7,22H,8-9H2,1-2H3,(H,17,19)(H,20,21). The number of carbonyl (C=O) groups excluding carboxylic acids is 1. The molecule has 23 heavy (non-hydrogen) atoms. The van der Waals surface area contributed by atoms with Crippen LogP contribution in [0.25, 0.3) is 11.5 Å². The van der Waals surface area contributed by atoms with E-state index in [9.17, 15) is 14.7 Å². The van der Waals surface area contributed by atoms with Crippen LogP contribution < -0.4 is 5.32 Å². The van der Waals surface area contributed by atoms with Gasteiger partial charge >= 0.3 is 5.97 Å². The lowest BCUT2D eigenvalue weighted by Crippen LogP contribution is -2.46. The molecule has 0 radical (unpaired) electrons. The fourth-order valence-corrected chi connectivity index (χ4v) is 1.86. The summed E-state index contributed by atoms with van der Waals surface area (Å²) >= 11 is 0. The molecule has 7 nitrogen and oxygen atoms in total. The van der Waals surface area contributed by atoms with E-state index < -0.39 is 17.5 Å². The first-order valence-electron chi connectivity index (χ1n) is 7.04. The van der Waals surface area contributed by atoms with E-state index in [0.29, 0.717) is 17.3 Å². The van der Waals surface area contributed by atoms with Gasteiger partial charge in [0.15, 0.2) is 5.60 Å². The third-order valence-corrected chi connectivity index (χ3v) is 3.33. The first-order chi connectivity index (χ1) is 10.8. The maximum atomic E-state index is 11.9. The molecule has 7 heteroatoms. The maximum absolute atomic E-state index is 11.9. The predicted molar refractivity (Wildman–Crippen MR) is 81.6 cm³/mol. The molecule has 1 unspecified atom stereocenters. The third-order valence-electron chi connectivity index (χ3n) is 3.33. The lowest BCUT2D eigenvalue weighted by Gasteiger charge is -2.17. The number of rotatable bonds is 6. The van der Waals surface area contributed by atoms with Gasteiger partial charge in [-0.05, 0) is 26.0 Å². The number of aryl methyl sites for hydroxylation is 1. The van der Waals surface area contributed by atoms with Crippen molar-refractivity contribution < 1.29 is 24.2 Å². The molecule has 0 spiro atoms. The molecular weight excluding hydrogens is 300 g/mol. The number of aliphatic carboxylic acids is 1. The fourth-order valence-electron chi connectivity index (χ4n) is 1.86. The number of hydrogen-bond acceptors (Lipinski definition) is 5. The first-order valence-corrected chi connectivity index (χ1v) is 7.04. The van der Waals surface area contributed by atoms with Crippen molar-refractivity contribution in [2.75, 3.05) is 6.54 Å². The largest absolute Gasteiger partial charge is 0.479 e. The van der Waals surface area contributed by atoms with E-state index in [0.717, 1.165) is 12.5 Å². The molecule has 0 fully saturated rings. The first kappa shape index (κ1) is 16.7.